The summed E-state index contributed by atoms with van der Waals surface area (Å²) >= 11 is 7.40. The van der Waals surface area contributed by atoms with Crippen LogP contribution in [-0.4, -0.2) is 21.6 Å². The first-order valence-electron chi connectivity index (χ1n) is 10.6. The molecule has 168 valence electrons. The number of aryl methyl sites for hydroxylation is 2. The fourth-order valence-electron chi connectivity index (χ4n) is 4.21. The number of benzene rings is 1. The lowest BCUT2D eigenvalue weighted by atomic mass is 9.95. The normalized spacial score (nSPS) is 13.3. The molecule has 0 saturated heterocycles. The number of amides is 1. The van der Waals surface area contributed by atoms with E-state index in [1.54, 1.807) is 24.3 Å². The number of hydrogen-bond acceptors (Lipinski definition) is 4. The minimum atomic E-state index is -0.922. The summed E-state index contributed by atoms with van der Waals surface area (Å²) in [6.45, 7) is 3.77. The number of carbonyl (C=O) groups excluding carboxylic acids is 1. The number of aromatic nitrogens is 1. The highest BCUT2D eigenvalue weighted by Crippen LogP contribution is 2.39. The predicted molar refractivity (Wildman–Crippen MR) is 130 cm³/mol. The van der Waals surface area contributed by atoms with Crippen molar-refractivity contribution >= 4 is 46.6 Å². The van der Waals surface area contributed by atoms with Gasteiger partial charge in [0.25, 0.3) is 5.91 Å². The summed E-state index contributed by atoms with van der Waals surface area (Å²) in [5, 5.41) is 23.5. The summed E-state index contributed by atoms with van der Waals surface area (Å²) in [5.74, 6) is -1.45. The molecule has 33 heavy (non-hydrogen) atoms. The van der Waals surface area contributed by atoms with Gasteiger partial charge in [-0.1, -0.05) is 11.6 Å². The Kier molecular flexibility index (Phi) is 6.41. The molecule has 0 aliphatic heterocycles. The quantitative estimate of drug-likeness (QED) is 0.350. The van der Waals surface area contributed by atoms with Crippen LogP contribution < -0.4 is 5.32 Å². The molecule has 6 nitrogen and oxygen atoms in total. The third kappa shape index (κ3) is 4.45. The summed E-state index contributed by atoms with van der Waals surface area (Å²) in [7, 11) is 0. The summed E-state index contributed by atoms with van der Waals surface area (Å²) in [6.07, 6.45) is 5.28. The molecule has 8 heteroatoms. The van der Waals surface area contributed by atoms with E-state index in [2.05, 4.69) is 5.32 Å². The van der Waals surface area contributed by atoms with E-state index >= 15 is 0 Å². The van der Waals surface area contributed by atoms with E-state index in [0.29, 0.717) is 26.8 Å². The van der Waals surface area contributed by atoms with Crippen LogP contribution in [0.4, 0.5) is 5.69 Å². The van der Waals surface area contributed by atoms with Crippen LogP contribution in [0.5, 0.6) is 0 Å². The summed E-state index contributed by atoms with van der Waals surface area (Å²) in [6, 6.07) is 10.5. The number of nitriles is 1. The van der Waals surface area contributed by atoms with Crippen molar-refractivity contribution in [1.29, 1.82) is 5.26 Å². The average Bonchev–Trinajstić information content (AvgIpc) is 3.29. The maximum absolute atomic E-state index is 12.7. The summed E-state index contributed by atoms with van der Waals surface area (Å²) in [5.41, 5.74) is 4.11. The zero-order valence-corrected chi connectivity index (χ0v) is 19.8. The van der Waals surface area contributed by atoms with E-state index < -0.39 is 11.9 Å². The molecule has 2 aromatic heterocycles. The van der Waals surface area contributed by atoms with Gasteiger partial charge in [0.1, 0.15) is 16.6 Å². The number of carboxylic acids is 1. The Bertz CT molecular complexity index is 1330. The van der Waals surface area contributed by atoms with Crippen molar-refractivity contribution in [2.24, 2.45) is 0 Å². The highest BCUT2D eigenvalue weighted by atomic mass is 35.5. The van der Waals surface area contributed by atoms with Gasteiger partial charge in [0.05, 0.1) is 5.56 Å². The van der Waals surface area contributed by atoms with E-state index in [1.165, 1.54) is 17.4 Å². The number of anilines is 1. The Morgan fingerprint density at radius 2 is 1.91 bits per heavy atom. The Labute approximate surface area is 200 Å². The second-order valence-electron chi connectivity index (χ2n) is 7.99. The zero-order chi connectivity index (χ0) is 23.7. The summed E-state index contributed by atoms with van der Waals surface area (Å²) < 4.78 is 1.92. The van der Waals surface area contributed by atoms with E-state index in [-0.39, 0.29) is 5.57 Å². The van der Waals surface area contributed by atoms with Gasteiger partial charge in [-0.2, -0.15) is 5.26 Å². The van der Waals surface area contributed by atoms with Crippen molar-refractivity contribution in [3.8, 4) is 11.1 Å². The first kappa shape index (κ1) is 22.8. The van der Waals surface area contributed by atoms with Gasteiger partial charge in [-0.3, -0.25) is 4.79 Å². The largest absolute Gasteiger partial charge is 0.478 e. The van der Waals surface area contributed by atoms with Crippen LogP contribution in [0.2, 0.25) is 5.02 Å². The lowest BCUT2D eigenvalue weighted by molar-refractivity contribution is -0.112. The Balaban J connectivity index is 1.72. The number of rotatable bonds is 5. The van der Waals surface area contributed by atoms with Crippen LogP contribution in [-0.2, 0) is 17.6 Å². The van der Waals surface area contributed by atoms with Gasteiger partial charge in [-0.05, 0) is 87.1 Å². The van der Waals surface area contributed by atoms with Crippen LogP contribution in [0.3, 0.4) is 0 Å². The monoisotopic (exact) mass is 479 g/mol. The van der Waals surface area contributed by atoms with E-state index in [0.717, 1.165) is 47.5 Å². The van der Waals surface area contributed by atoms with Gasteiger partial charge < -0.3 is 15.0 Å². The molecule has 2 N–H and O–H groups in total. The maximum atomic E-state index is 12.7. The first-order chi connectivity index (χ1) is 15.8. The topological polar surface area (TPSA) is 95.1 Å². The number of carboxylic acid groups (broad SMARTS) is 1. The molecule has 0 radical (unpaired) electrons. The highest BCUT2D eigenvalue weighted by molar-refractivity contribution is 7.15. The maximum Gasteiger partial charge on any atom is 0.339 e. The van der Waals surface area contributed by atoms with Gasteiger partial charge in [0, 0.05) is 27.0 Å². The smallest absolute Gasteiger partial charge is 0.339 e. The molecule has 2 heterocycles. The van der Waals surface area contributed by atoms with Gasteiger partial charge >= 0.3 is 5.97 Å². The van der Waals surface area contributed by atoms with Crippen molar-refractivity contribution in [3.05, 3.63) is 73.9 Å². The van der Waals surface area contributed by atoms with Gasteiger partial charge in [-0.25, -0.2) is 4.79 Å². The molecular formula is C25H22ClN3O3S. The number of fused-ring (bicyclic) bond motifs is 1. The molecule has 1 amide bonds. The Hall–Kier alpha value is -3.34. The minimum absolute atomic E-state index is 0.0471. The van der Waals surface area contributed by atoms with Gasteiger partial charge in [-0.15, -0.1) is 11.3 Å². The van der Waals surface area contributed by atoms with Crippen molar-refractivity contribution < 1.29 is 14.7 Å². The second-order valence-corrected chi connectivity index (χ2v) is 9.51. The molecule has 0 atom stereocenters. The minimum Gasteiger partial charge on any atom is -0.478 e. The summed E-state index contributed by atoms with van der Waals surface area (Å²) in [4.78, 5) is 25.9. The van der Waals surface area contributed by atoms with Crippen LogP contribution in [0.1, 0.15) is 50.6 Å². The van der Waals surface area contributed by atoms with Crippen molar-refractivity contribution in [2.75, 3.05) is 5.32 Å². The lowest BCUT2D eigenvalue weighted by Crippen LogP contribution is -2.13. The second kappa shape index (κ2) is 9.26. The third-order valence-electron chi connectivity index (χ3n) is 5.81. The molecule has 1 aromatic carbocycles. The average molecular weight is 480 g/mol. The fraction of sp³-hybridized carbons (Fsp3) is 0.240. The number of carbonyl (C=O) groups is 2. The Morgan fingerprint density at radius 3 is 2.58 bits per heavy atom. The van der Waals surface area contributed by atoms with E-state index in [9.17, 15) is 20.0 Å². The third-order valence-corrected chi connectivity index (χ3v) is 7.34. The molecule has 0 bridgehead atoms. The zero-order valence-electron chi connectivity index (χ0n) is 18.2. The number of thiophene rings is 1. The fourth-order valence-corrected chi connectivity index (χ4v) is 5.83. The van der Waals surface area contributed by atoms with Crippen molar-refractivity contribution in [1.82, 2.24) is 4.57 Å². The number of hydrogen-bond donors (Lipinski definition) is 2. The number of nitrogens with zero attached hydrogens (tertiary/aromatic N) is 2. The molecule has 3 aromatic rings. The highest BCUT2D eigenvalue weighted by Gasteiger charge is 2.27. The molecule has 0 unspecified atom stereocenters. The molecule has 4 rings (SSSR count). The molecular weight excluding hydrogens is 458 g/mol. The van der Waals surface area contributed by atoms with Crippen LogP contribution in [0.25, 0.3) is 11.1 Å². The standard InChI is InChI=1S/C25H22ClN3O3S/c1-14-11-16(12-17(13-27)23(30)28-19-9-7-18(26)8-10-19)15(2)29(14)24-22(25(31)32)20-5-3-4-6-21(20)33-24/h7-12H,3-6H2,1-2H3,(H,28,30)(H,31,32). The Morgan fingerprint density at radius 1 is 1.21 bits per heavy atom. The SMILES string of the molecule is Cc1cc(C=C(C#N)C(=O)Nc2ccc(Cl)cc2)c(C)n1-c1sc2c(c1C(=O)O)CCCC2. The van der Waals surface area contributed by atoms with E-state index in [4.69, 9.17) is 11.6 Å². The molecule has 0 fully saturated rings. The van der Waals surface area contributed by atoms with Crippen LogP contribution >= 0.6 is 22.9 Å². The number of nitrogens with one attached hydrogen (secondary N) is 1. The molecule has 0 saturated carbocycles. The van der Waals surface area contributed by atoms with Crippen molar-refractivity contribution in [2.45, 2.75) is 39.5 Å². The molecule has 1 aliphatic carbocycles. The predicted octanol–water partition coefficient (Wildman–Crippen LogP) is 5.93. The lowest BCUT2D eigenvalue weighted by Gasteiger charge is -2.11. The molecule has 0 spiro atoms. The number of aromatic carboxylic acids is 1. The van der Waals surface area contributed by atoms with E-state index in [1.807, 2.05) is 30.6 Å². The van der Waals surface area contributed by atoms with Gasteiger partial charge in [0.2, 0.25) is 0 Å². The molecule has 1 aliphatic rings. The van der Waals surface area contributed by atoms with Crippen molar-refractivity contribution in [3.63, 3.8) is 0 Å². The van der Waals surface area contributed by atoms with Gasteiger partial charge in [0.15, 0.2) is 0 Å². The van der Waals surface area contributed by atoms with Crippen LogP contribution in [0, 0.1) is 25.2 Å². The number of halogens is 1. The van der Waals surface area contributed by atoms with Crippen LogP contribution in [0.15, 0.2) is 35.9 Å². The first-order valence-corrected chi connectivity index (χ1v) is 11.8.